The first-order valence-electron chi connectivity index (χ1n) is 4.99. The Labute approximate surface area is 105 Å². The van der Waals surface area contributed by atoms with Crippen LogP contribution in [0.25, 0.3) is 0 Å². The number of carbonyl (C=O) groups excluding carboxylic acids is 1. The number of carbonyl (C=O) groups is 1. The number of alkyl halides is 3. The van der Waals surface area contributed by atoms with Crippen molar-refractivity contribution in [2.24, 2.45) is 5.84 Å². The maximum Gasteiger partial charge on any atom is 0.419 e. The lowest BCUT2D eigenvalue weighted by atomic mass is 10.2. The fourth-order valence-electron chi connectivity index (χ4n) is 1.18. The molecule has 19 heavy (non-hydrogen) atoms. The second-order valence-corrected chi connectivity index (χ2v) is 3.33. The van der Waals surface area contributed by atoms with Crippen molar-refractivity contribution in [1.29, 1.82) is 0 Å². The fourth-order valence-corrected chi connectivity index (χ4v) is 1.18. The lowest BCUT2D eigenvalue weighted by molar-refractivity contribution is -0.151. The number of hydrogen-bond donors (Lipinski definition) is 2. The smallest absolute Gasteiger partial charge is 0.419 e. The van der Waals surface area contributed by atoms with Crippen LogP contribution in [-0.2, 0) is 15.8 Å². The molecule has 1 rings (SSSR count). The molecule has 0 unspecified atom stereocenters. The zero-order chi connectivity index (χ0) is 14.5. The van der Waals surface area contributed by atoms with Crippen LogP contribution >= 0.6 is 0 Å². The van der Waals surface area contributed by atoms with Crippen molar-refractivity contribution in [1.82, 2.24) is 5.59 Å². The van der Waals surface area contributed by atoms with Crippen LogP contribution in [0.5, 0.6) is 5.75 Å². The Morgan fingerprint density at radius 2 is 2.05 bits per heavy atom. The van der Waals surface area contributed by atoms with Gasteiger partial charge >= 0.3 is 12.1 Å². The van der Waals surface area contributed by atoms with E-state index in [1.54, 1.807) is 5.59 Å². The van der Waals surface area contributed by atoms with Gasteiger partial charge in [0.15, 0.2) is 0 Å². The predicted molar refractivity (Wildman–Crippen MR) is 54.9 cm³/mol. The lowest BCUT2D eigenvalue weighted by Gasteiger charge is -2.11. The highest BCUT2D eigenvalue weighted by atomic mass is 19.4. The monoisotopic (exact) mass is 282 g/mol. The summed E-state index contributed by atoms with van der Waals surface area (Å²) in [5.41, 5.74) is 0.215. The summed E-state index contributed by atoms with van der Waals surface area (Å²) in [6.45, 7) is -0.233. The largest absolute Gasteiger partial charge is 0.493 e. The Morgan fingerprint density at radius 1 is 1.37 bits per heavy atom. The standard InChI is InChI=1S/C10H10F4N2O3/c11-8-2-1-6(5-7(8)10(12,13)14)18-4-3-9(17)19-16-15/h1-2,5,16H,3-4,15H2. The van der Waals surface area contributed by atoms with Crippen LogP contribution in [0.1, 0.15) is 12.0 Å². The van der Waals surface area contributed by atoms with Crippen molar-refractivity contribution in [3.63, 3.8) is 0 Å². The summed E-state index contributed by atoms with van der Waals surface area (Å²) < 4.78 is 55.0. The van der Waals surface area contributed by atoms with E-state index in [9.17, 15) is 22.4 Å². The molecule has 1 aromatic carbocycles. The van der Waals surface area contributed by atoms with Gasteiger partial charge in [-0.25, -0.2) is 10.2 Å². The third kappa shape index (κ3) is 4.72. The molecule has 0 saturated carbocycles. The van der Waals surface area contributed by atoms with E-state index in [1.807, 2.05) is 0 Å². The van der Waals surface area contributed by atoms with Crippen LogP contribution in [0.15, 0.2) is 18.2 Å². The highest BCUT2D eigenvalue weighted by Crippen LogP contribution is 2.33. The average Bonchev–Trinajstić information content (AvgIpc) is 2.30. The molecule has 0 saturated heterocycles. The lowest BCUT2D eigenvalue weighted by Crippen LogP contribution is -2.26. The van der Waals surface area contributed by atoms with Gasteiger partial charge in [-0.3, -0.25) is 4.79 Å². The third-order valence-electron chi connectivity index (χ3n) is 1.99. The molecule has 0 spiro atoms. The van der Waals surface area contributed by atoms with Crippen molar-refractivity contribution >= 4 is 5.97 Å². The van der Waals surface area contributed by atoms with Crippen LogP contribution in [-0.4, -0.2) is 12.6 Å². The Morgan fingerprint density at radius 3 is 2.63 bits per heavy atom. The summed E-state index contributed by atoms with van der Waals surface area (Å²) in [4.78, 5) is 15.0. The van der Waals surface area contributed by atoms with Crippen molar-refractivity contribution < 1.29 is 31.9 Å². The van der Waals surface area contributed by atoms with E-state index in [2.05, 4.69) is 4.84 Å². The molecule has 0 aliphatic carbocycles. The van der Waals surface area contributed by atoms with Gasteiger partial charge in [0.1, 0.15) is 11.6 Å². The molecular formula is C10H10F4N2O3. The molecule has 0 radical (unpaired) electrons. The van der Waals surface area contributed by atoms with Gasteiger partial charge in [0.2, 0.25) is 0 Å². The van der Waals surface area contributed by atoms with E-state index in [0.717, 1.165) is 6.07 Å². The maximum atomic E-state index is 12.9. The van der Waals surface area contributed by atoms with Crippen LogP contribution < -0.4 is 16.2 Å². The van der Waals surface area contributed by atoms with Crippen LogP contribution in [0.2, 0.25) is 0 Å². The second-order valence-electron chi connectivity index (χ2n) is 3.33. The summed E-state index contributed by atoms with van der Waals surface area (Å²) in [5.74, 6) is 2.34. The molecule has 0 amide bonds. The number of nitrogens with two attached hydrogens (primary N) is 1. The molecule has 0 bridgehead atoms. The molecule has 1 aromatic rings. The Hall–Kier alpha value is -1.87. The van der Waals surface area contributed by atoms with E-state index in [-0.39, 0.29) is 18.8 Å². The summed E-state index contributed by atoms with van der Waals surface area (Å²) in [7, 11) is 0. The van der Waals surface area contributed by atoms with Gasteiger partial charge in [-0.1, -0.05) is 5.59 Å². The van der Waals surface area contributed by atoms with Crippen molar-refractivity contribution in [2.45, 2.75) is 12.6 Å². The highest BCUT2D eigenvalue weighted by Gasteiger charge is 2.34. The first kappa shape index (κ1) is 15.2. The number of benzene rings is 1. The van der Waals surface area contributed by atoms with E-state index in [1.165, 1.54) is 0 Å². The highest BCUT2D eigenvalue weighted by molar-refractivity contribution is 5.69. The van der Waals surface area contributed by atoms with Crippen molar-refractivity contribution in [2.75, 3.05) is 6.61 Å². The summed E-state index contributed by atoms with van der Waals surface area (Å²) in [5, 5.41) is 0. The van der Waals surface area contributed by atoms with Crippen molar-refractivity contribution in [3.05, 3.63) is 29.6 Å². The van der Waals surface area contributed by atoms with Crippen LogP contribution in [0.4, 0.5) is 17.6 Å². The number of ether oxygens (including phenoxy) is 1. The van der Waals surface area contributed by atoms with E-state index in [4.69, 9.17) is 10.6 Å². The van der Waals surface area contributed by atoms with Crippen LogP contribution in [0.3, 0.4) is 0 Å². The van der Waals surface area contributed by atoms with Gasteiger partial charge in [-0.15, -0.1) is 0 Å². The maximum absolute atomic E-state index is 12.9. The minimum Gasteiger partial charge on any atom is -0.493 e. The quantitative estimate of drug-likeness (QED) is 0.487. The fraction of sp³-hybridized carbons (Fsp3) is 0.300. The number of hydrogen-bond acceptors (Lipinski definition) is 5. The van der Waals surface area contributed by atoms with Gasteiger partial charge in [0.25, 0.3) is 0 Å². The van der Waals surface area contributed by atoms with Gasteiger partial charge in [0, 0.05) is 0 Å². The molecule has 0 heterocycles. The molecule has 0 atom stereocenters. The van der Waals surface area contributed by atoms with Gasteiger partial charge in [-0.05, 0) is 18.2 Å². The number of nitrogens with one attached hydrogen (secondary N) is 1. The second kappa shape index (κ2) is 6.34. The Kier molecular flexibility index (Phi) is 5.07. The Balaban J connectivity index is 2.63. The van der Waals surface area contributed by atoms with Crippen LogP contribution in [0, 0.1) is 5.82 Å². The first-order chi connectivity index (χ1) is 8.84. The third-order valence-corrected chi connectivity index (χ3v) is 1.99. The normalized spacial score (nSPS) is 11.2. The molecule has 3 N–H and O–H groups in total. The first-order valence-corrected chi connectivity index (χ1v) is 4.99. The minimum absolute atomic E-state index is 0.206. The van der Waals surface area contributed by atoms with Gasteiger partial charge < -0.3 is 9.57 Å². The number of rotatable bonds is 5. The molecule has 0 aromatic heterocycles. The molecule has 5 nitrogen and oxygen atoms in total. The van der Waals surface area contributed by atoms with Gasteiger partial charge in [-0.2, -0.15) is 13.2 Å². The molecule has 9 heteroatoms. The zero-order valence-corrected chi connectivity index (χ0v) is 9.46. The average molecular weight is 282 g/mol. The predicted octanol–water partition coefficient (Wildman–Crippen LogP) is 1.53. The molecule has 0 aliphatic rings. The van der Waals surface area contributed by atoms with Gasteiger partial charge in [0.05, 0.1) is 18.6 Å². The summed E-state index contributed by atoms with van der Waals surface area (Å²) in [6, 6.07) is 2.18. The number of halogens is 4. The topological polar surface area (TPSA) is 73.6 Å². The van der Waals surface area contributed by atoms with E-state index in [0.29, 0.717) is 12.1 Å². The summed E-state index contributed by atoms with van der Waals surface area (Å²) in [6.07, 6.45) is -5.05. The SMILES string of the molecule is NNOC(=O)CCOc1ccc(F)c(C(F)(F)F)c1. The molecule has 106 valence electrons. The van der Waals surface area contributed by atoms with Crippen molar-refractivity contribution in [3.8, 4) is 5.75 Å². The molecule has 0 aliphatic heterocycles. The summed E-state index contributed by atoms with van der Waals surface area (Å²) >= 11 is 0. The molecule has 0 fully saturated rings. The minimum atomic E-state index is -4.81. The molecular weight excluding hydrogens is 272 g/mol. The number of hydrazine groups is 1. The van der Waals surface area contributed by atoms with E-state index < -0.39 is 23.5 Å². The zero-order valence-electron chi connectivity index (χ0n) is 9.46. The Bertz CT molecular complexity index is 451. The van der Waals surface area contributed by atoms with E-state index >= 15 is 0 Å².